The number of nitrogens with one attached hydrogen (secondary N) is 2. The number of methoxy groups -OCH3 is 1. The maximum absolute atomic E-state index is 5.56. The van der Waals surface area contributed by atoms with E-state index < -0.39 is 0 Å². The maximum atomic E-state index is 5.56. The van der Waals surface area contributed by atoms with Crippen LogP contribution in [0.2, 0.25) is 0 Å². The molecule has 0 saturated carbocycles. The molecule has 0 bridgehead atoms. The smallest absolute Gasteiger partial charge is 0.191 e. The van der Waals surface area contributed by atoms with E-state index in [1.807, 2.05) is 19.2 Å². The van der Waals surface area contributed by atoms with E-state index in [0.29, 0.717) is 18.0 Å². The molecule has 0 amide bonds. The molecule has 1 aromatic rings. The Kier molecular flexibility index (Phi) is 7.92. The van der Waals surface area contributed by atoms with Crippen molar-refractivity contribution in [1.82, 2.24) is 20.4 Å². The van der Waals surface area contributed by atoms with Gasteiger partial charge >= 0.3 is 0 Å². The molecule has 2 rings (SSSR count). The average Bonchev–Trinajstić information content (AvgIpc) is 3.01. The van der Waals surface area contributed by atoms with E-state index in [1.165, 1.54) is 5.56 Å². The summed E-state index contributed by atoms with van der Waals surface area (Å²) >= 11 is 0. The van der Waals surface area contributed by atoms with Gasteiger partial charge in [0.05, 0.1) is 13.2 Å². The Morgan fingerprint density at radius 1 is 1.30 bits per heavy atom. The number of para-hydroxylation sites is 1. The highest BCUT2D eigenvalue weighted by molar-refractivity contribution is 5.80. The molecule has 2 N–H and O–H groups in total. The molecule has 1 saturated heterocycles. The molecule has 3 atom stereocenters. The zero-order valence-corrected chi connectivity index (χ0v) is 18.0. The van der Waals surface area contributed by atoms with Crippen molar-refractivity contribution in [2.24, 2.45) is 10.9 Å². The third-order valence-corrected chi connectivity index (χ3v) is 5.50. The minimum atomic E-state index is 0.188. The number of ether oxygens (including phenoxy) is 1. The van der Waals surface area contributed by atoms with Crippen molar-refractivity contribution in [3.8, 4) is 5.75 Å². The Hall–Kier alpha value is -1.79. The van der Waals surface area contributed by atoms with Crippen molar-refractivity contribution in [3.63, 3.8) is 0 Å². The molecule has 1 aliphatic heterocycles. The van der Waals surface area contributed by atoms with Gasteiger partial charge in [0.15, 0.2) is 5.96 Å². The van der Waals surface area contributed by atoms with Gasteiger partial charge in [-0.15, -0.1) is 0 Å². The molecule has 152 valence electrons. The largest absolute Gasteiger partial charge is 0.496 e. The van der Waals surface area contributed by atoms with E-state index in [1.54, 1.807) is 7.11 Å². The molecule has 1 aliphatic rings. The minimum Gasteiger partial charge on any atom is -0.496 e. The van der Waals surface area contributed by atoms with Gasteiger partial charge in [-0.1, -0.05) is 25.1 Å². The first-order chi connectivity index (χ1) is 12.9. The summed E-state index contributed by atoms with van der Waals surface area (Å²) in [5, 5.41) is 7.14. The van der Waals surface area contributed by atoms with Gasteiger partial charge in [0, 0.05) is 44.3 Å². The highest BCUT2D eigenvalue weighted by Crippen LogP contribution is 2.27. The van der Waals surface area contributed by atoms with E-state index in [2.05, 4.69) is 72.4 Å². The van der Waals surface area contributed by atoms with E-state index in [-0.39, 0.29) is 6.04 Å². The van der Waals surface area contributed by atoms with Crippen LogP contribution < -0.4 is 15.4 Å². The lowest BCUT2D eigenvalue weighted by Crippen LogP contribution is -2.48. The van der Waals surface area contributed by atoms with Crippen molar-refractivity contribution < 1.29 is 4.74 Å². The van der Waals surface area contributed by atoms with Crippen LogP contribution in [-0.4, -0.2) is 75.7 Å². The molecule has 27 heavy (non-hydrogen) atoms. The van der Waals surface area contributed by atoms with Crippen LogP contribution in [0.15, 0.2) is 29.3 Å². The van der Waals surface area contributed by atoms with Gasteiger partial charge < -0.3 is 20.3 Å². The molecule has 0 aromatic heterocycles. The molecule has 6 nitrogen and oxygen atoms in total. The first-order valence-electron chi connectivity index (χ1n) is 9.87. The summed E-state index contributed by atoms with van der Waals surface area (Å²) < 4.78 is 5.56. The summed E-state index contributed by atoms with van der Waals surface area (Å²) in [7, 11) is 7.74. The Morgan fingerprint density at radius 3 is 2.56 bits per heavy atom. The predicted molar refractivity (Wildman–Crippen MR) is 114 cm³/mol. The van der Waals surface area contributed by atoms with Gasteiger partial charge in [-0.3, -0.25) is 9.89 Å². The van der Waals surface area contributed by atoms with E-state index in [0.717, 1.165) is 31.3 Å². The Morgan fingerprint density at radius 2 is 2.00 bits per heavy atom. The van der Waals surface area contributed by atoms with Gasteiger partial charge in [0.25, 0.3) is 0 Å². The minimum absolute atomic E-state index is 0.188. The molecular formula is C21H37N5O. The van der Waals surface area contributed by atoms with E-state index in [9.17, 15) is 0 Å². The number of likely N-dealkylation sites (tertiary alicyclic amines) is 1. The molecule has 0 spiro atoms. The lowest BCUT2D eigenvalue weighted by Gasteiger charge is -2.28. The van der Waals surface area contributed by atoms with Crippen LogP contribution >= 0.6 is 0 Å². The van der Waals surface area contributed by atoms with Crippen molar-refractivity contribution in [1.29, 1.82) is 0 Å². The second-order valence-electron chi connectivity index (χ2n) is 7.95. The summed E-state index contributed by atoms with van der Waals surface area (Å²) in [5.74, 6) is 2.38. The summed E-state index contributed by atoms with van der Waals surface area (Å²) in [6, 6.07) is 9.39. The standard InChI is InChI=1S/C21H37N5O/c1-15(2)26-13-16(3)18(14-26)24-21(22-4)23-12-19(25(5)6)17-10-8-9-11-20(17)27-7/h8-11,15-16,18-19H,12-14H2,1-7H3,(H2,22,23,24). The molecule has 1 heterocycles. The molecule has 6 heteroatoms. The molecule has 0 aliphatic carbocycles. The zero-order valence-electron chi connectivity index (χ0n) is 18.0. The fourth-order valence-electron chi connectivity index (χ4n) is 3.69. The fourth-order valence-corrected chi connectivity index (χ4v) is 3.69. The summed E-state index contributed by atoms with van der Waals surface area (Å²) in [4.78, 5) is 9.18. The number of nitrogens with zero attached hydrogens (tertiary/aromatic N) is 3. The van der Waals surface area contributed by atoms with Crippen LogP contribution in [-0.2, 0) is 0 Å². The van der Waals surface area contributed by atoms with Gasteiger partial charge in [-0.25, -0.2) is 0 Å². The fraction of sp³-hybridized carbons (Fsp3) is 0.667. The quantitative estimate of drug-likeness (QED) is 0.565. The molecule has 0 radical (unpaired) electrons. The third kappa shape index (κ3) is 5.59. The highest BCUT2D eigenvalue weighted by atomic mass is 16.5. The highest BCUT2D eigenvalue weighted by Gasteiger charge is 2.31. The van der Waals surface area contributed by atoms with Gasteiger partial charge in [0.2, 0.25) is 0 Å². The lowest BCUT2D eigenvalue weighted by molar-refractivity contribution is 0.265. The Balaban J connectivity index is 2.01. The zero-order chi connectivity index (χ0) is 20.0. The van der Waals surface area contributed by atoms with Crippen molar-refractivity contribution in [3.05, 3.63) is 29.8 Å². The van der Waals surface area contributed by atoms with Crippen LogP contribution in [0.25, 0.3) is 0 Å². The summed E-state index contributed by atoms with van der Waals surface area (Å²) in [5.41, 5.74) is 1.17. The van der Waals surface area contributed by atoms with Crippen LogP contribution in [0.3, 0.4) is 0 Å². The molecule has 1 aromatic carbocycles. The first-order valence-corrected chi connectivity index (χ1v) is 9.87. The topological polar surface area (TPSA) is 52.1 Å². The van der Waals surface area contributed by atoms with Crippen LogP contribution in [0, 0.1) is 5.92 Å². The molecule has 3 unspecified atom stereocenters. The lowest BCUT2D eigenvalue weighted by atomic mass is 10.0. The Bertz CT molecular complexity index is 616. The van der Waals surface area contributed by atoms with E-state index >= 15 is 0 Å². The van der Waals surface area contributed by atoms with Crippen molar-refractivity contribution in [2.45, 2.75) is 38.9 Å². The average molecular weight is 376 g/mol. The van der Waals surface area contributed by atoms with Gasteiger partial charge in [-0.2, -0.15) is 0 Å². The van der Waals surface area contributed by atoms with Crippen LogP contribution in [0.1, 0.15) is 32.4 Å². The van der Waals surface area contributed by atoms with Gasteiger partial charge in [0.1, 0.15) is 5.75 Å². The first kappa shape index (κ1) is 21.5. The molecular weight excluding hydrogens is 338 g/mol. The third-order valence-electron chi connectivity index (χ3n) is 5.50. The number of likely N-dealkylation sites (N-methyl/N-ethyl adjacent to an activating group) is 1. The number of hydrogen-bond acceptors (Lipinski definition) is 4. The number of aliphatic imine (C=N–C) groups is 1. The monoisotopic (exact) mass is 375 g/mol. The second-order valence-corrected chi connectivity index (χ2v) is 7.95. The van der Waals surface area contributed by atoms with Gasteiger partial charge in [-0.05, 0) is 39.9 Å². The SMILES string of the molecule is CN=C(NCC(c1ccccc1OC)N(C)C)NC1CN(C(C)C)CC1C. The number of rotatable bonds is 7. The normalized spacial score (nSPS) is 22.3. The summed E-state index contributed by atoms with van der Waals surface area (Å²) in [6.45, 7) is 9.78. The van der Waals surface area contributed by atoms with Crippen LogP contribution in [0.5, 0.6) is 5.75 Å². The Labute approximate surface area is 165 Å². The predicted octanol–water partition coefficient (Wildman–Crippen LogP) is 2.19. The second kappa shape index (κ2) is 9.95. The number of hydrogen-bond donors (Lipinski definition) is 2. The van der Waals surface area contributed by atoms with Crippen LogP contribution in [0.4, 0.5) is 0 Å². The van der Waals surface area contributed by atoms with E-state index in [4.69, 9.17) is 4.74 Å². The number of guanidine groups is 1. The maximum Gasteiger partial charge on any atom is 0.191 e. The summed E-state index contributed by atoms with van der Waals surface area (Å²) in [6.07, 6.45) is 0. The van der Waals surface area contributed by atoms with Crippen molar-refractivity contribution >= 4 is 5.96 Å². The molecule has 1 fully saturated rings. The van der Waals surface area contributed by atoms with Crippen molar-refractivity contribution in [2.75, 3.05) is 47.9 Å². The number of benzene rings is 1.